The zero-order valence-corrected chi connectivity index (χ0v) is 16.1. The Morgan fingerprint density at radius 1 is 0.781 bits per heavy atom. The number of pyridine rings is 1. The molecule has 2 aromatic carbocycles. The van der Waals surface area contributed by atoms with Gasteiger partial charge in [0.25, 0.3) is 0 Å². The highest BCUT2D eigenvalue weighted by Crippen LogP contribution is 2.34. The van der Waals surface area contributed by atoms with Gasteiger partial charge in [0, 0.05) is 17.3 Å². The Morgan fingerprint density at radius 2 is 1.31 bits per heavy atom. The van der Waals surface area contributed by atoms with E-state index in [1.807, 2.05) is 0 Å². The molecule has 0 aliphatic rings. The number of nitrogens with zero attached hydrogens (tertiary/aromatic N) is 1. The predicted octanol–water partition coefficient (Wildman–Crippen LogP) is 6.00. The molecule has 11 heteroatoms. The second-order valence-corrected chi connectivity index (χ2v) is 6.26. The van der Waals surface area contributed by atoms with Crippen molar-refractivity contribution in [1.82, 2.24) is 4.98 Å². The highest BCUT2D eigenvalue weighted by molar-refractivity contribution is 5.96. The number of benzene rings is 2. The second kappa shape index (κ2) is 8.77. The van der Waals surface area contributed by atoms with E-state index in [1.54, 1.807) is 0 Å². The van der Waals surface area contributed by atoms with Crippen molar-refractivity contribution in [1.29, 1.82) is 0 Å². The van der Waals surface area contributed by atoms with Crippen LogP contribution in [0.4, 0.5) is 26.3 Å². The predicted molar refractivity (Wildman–Crippen MR) is 99.8 cm³/mol. The molecule has 0 saturated heterocycles. The lowest BCUT2D eigenvalue weighted by atomic mass is 9.98. The van der Waals surface area contributed by atoms with Crippen LogP contribution in [0.25, 0.3) is 22.3 Å². The standard InChI is InChI=1S/C21H13F6NO4/c1-30-19(29)18-17(13-5-3-7-16(9-13)32-21(25,26)27)10-14(11-28-18)12-4-2-6-15(8-12)31-20(22,23)24/h2-11H,1H3. The Kier molecular flexibility index (Phi) is 6.28. The molecule has 1 aromatic heterocycles. The monoisotopic (exact) mass is 457 g/mol. The lowest BCUT2D eigenvalue weighted by Gasteiger charge is -2.13. The molecule has 168 valence electrons. The SMILES string of the molecule is COC(=O)c1ncc(-c2cccc(OC(F)(F)F)c2)cc1-c1cccc(OC(F)(F)F)c1. The summed E-state index contributed by atoms with van der Waals surface area (Å²) in [6.07, 6.45) is -8.60. The van der Waals surface area contributed by atoms with E-state index in [0.29, 0.717) is 0 Å². The highest BCUT2D eigenvalue weighted by atomic mass is 19.4. The second-order valence-electron chi connectivity index (χ2n) is 6.26. The van der Waals surface area contributed by atoms with Crippen molar-refractivity contribution >= 4 is 5.97 Å². The molecule has 0 atom stereocenters. The smallest absolute Gasteiger partial charge is 0.464 e. The molecule has 32 heavy (non-hydrogen) atoms. The molecule has 0 unspecified atom stereocenters. The van der Waals surface area contributed by atoms with Gasteiger partial charge >= 0.3 is 18.7 Å². The molecular weight excluding hydrogens is 444 g/mol. The third-order valence-electron chi connectivity index (χ3n) is 4.05. The van der Waals surface area contributed by atoms with E-state index in [4.69, 9.17) is 0 Å². The molecule has 0 aliphatic heterocycles. The molecule has 0 amide bonds. The van der Waals surface area contributed by atoms with Crippen molar-refractivity contribution in [2.45, 2.75) is 12.7 Å². The van der Waals surface area contributed by atoms with E-state index in [1.165, 1.54) is 36.5 Å². The first kappa shape index (κ1) is 22.9. The summed E-state index contributed by atoms with van der Waals surface area (Å²) >= 11 is 0. The number of hydrogen-bond donors (Lipinski definition) is 0. The van der Waals surface area contributed by atoms with Gasteiger partial charge in [0.05, 0.1) is 7.11 Å². The van der Waals surface area contributed by atoms with Gasteiger partial charge in [0.15, 0.2) is 5.69 Å². The minimum Gasteiger partial charge on any atom is -0.464 e. The number of alkyl halides is 6. The van der Waals surface area contributed by atoms with Crippen molar-refractivity contribution < 1.29 is 45.3 Å². The van der Waals surface area contributed by atoms with E-state index < -0.39 is 30.2 Å². The molecule has 5 nitrogen and oxygen atoms in total. The minimum atomic E-state index is -4.93. The summed E-state index contributed by atoms with van der Waals surface area (Å²) in [5.74, 6) is -1.87. The maximum absolute atomic E-state index is 12.6. The van der Waals surface area contributed by atoms with E-state index in [0.717, 1.165) is 31.4 Å². The van der Waals surface area contributed by atoms with E-state index in [9.17, 15) is 31.1 Å². The van der Waals surface area contributed by atoms with Gasteiger partial charge in [-0.3, -0.25) is 0 Å². The van der Waals surface area contributed by atoms with Crippen LogP contribution < -0.4 is 9.47 Å². The molecule has 0 bridgehead atoms. The molecule has 3 rings (SSSR count). The Labute approximate surface area is 177 Å². The number of carbonyl (C=O) groups excluding carboxylic acids is 1. The van der Waals surface area contributed by atoms with Gasteiger partial charge in [-0.05, 0) is 41.5 Å². The first-order chi connectivity index (χ1) is 14.9. The van der Waals surface area contributed by atoms with Crippen molar-refractivity contribution in [3.8, 4) is 33.8 Å². The van der Waals surface area contributed by atoms with Crippen LogP contribution in [0, 0.1) is 0 Å². The number of ether oxygens (including phenoxy) is 3. The Hall–Kier alpha value is -3.76. The van der Waals surface area contributed by atoms with Crippen LogP contribution in [0.1, 0.15) is 10.5 Å². The average Bonchev–Trinajstić information content (AvgIpc) is 2.70. The Morgan fingerprint density at radius 3 is 1.84 bits per heavy atom. The van der Waals surface area contributed by atoms with Gasteiger partial charge in [-0.25, -0.2) is 9.78 Å². The molecule has 0 radical (unpaired) electrons. The van der Waals surface area contributed by atoms with Crippen LogP contribution in [0.2, 0.25) is 0 Å². The number of hydrogen-bond acceptors (Lipinski definition) is 5. The summed E-state index contributed by atoms with van der Waals surface area (Å²) in [5.41, 5.74) is 0.568. The highest BCUT2D eigenvalue weighted by Gasteiger charge is 2.32. The number of carbonyl (C=O) groups is 1. The number of halogens is 6. The third kappa shape index (κ3) is 5.90. The normalized spacial score (nSPS) is 11.7. The molecular formula is C21H13F6NO4. The van der Waals surface area contributed by atoms with Crippen molar-refractivity contribution in [2.24, 2.45) is 0 Å². The molecule has 3 aromatic rings. The lowest BCUT2D eigenvalue weighted by molar-refractivity contribution is -0.275. The molecule has 1 heterocycles. The minimum absolute atomic E-state index is 0.0871. The first-order valence-corrected chi connectivity index (χ1v) is 8.76. The fourth-order valence-electron chi connectivity index (χ4n) is 2.84. The number of esters is 1. The van der Waals surface area contributed by atoms with Crippen molar-refractivity contribution in [3.63, 3.8) is 0 Å². The summed E-state index contributed by atoms with van der Waals surface area (Å²) in [7, 11) is 1.10. The Balaban J connectivity index is 2.09. The van der Waals surface area contributed by atoms with E-state index in [-0.39, 0.29) is 27.9 Å². The van der Waals surface area contributed by atoms with Crippen molar-refractivity contribution in [3.05, 3.63) is 66.5 Å². The van der Waals surface area contributed by atoms with Crippen LogP contribution >= 0.6 is 0 Å². The van der Waals surface area contributed by atoms with E-state index >= 15 is 0 Å². The molecule has 0 fully saturated rings. The third-order valence-corrected chi connectivity index (χ3v) is 4.05. The summed E-state index contributed by atoms with van der Waals surface area (Å²) in [4.78, 5) is 16.1. The van der Waals surface area contributed by atoms with Gasteiger partial charge < -0.3 is 14.2 Å². The number of methoxy groups -OCH3 is 1. The average molecular weight is 457 g/mol. The maximum atomic E-state index is 12.6. The summed E-state index contributed by atoms with van der Waals surface area (Å²) < 4.78 is 87.8. The number of rotatable bonds is 5. The van der Waals surface area contributed by atoms with Crippen LogP contribution in [0.5, 0.6) is 11.5 Å². The lowest BCUT2D eigenvalue weighted by Crippen LogP contribution is -2.17. The van der Waals surface area contributed by atoms with Gasteiger partial charge in [0.2, 0.25) is 0 Å². The molecule has 0 N–H and O–H groups in total. The summed E-state index contributed by atoms with van der Waals surface area (Å²) in [5, 5.41) is 0. The largest absolute Gasteiger partial charge is 0.573 e. The van der Waals surface area contributed by atoms with Crippen LogP contribution in [-0.4, -0.2) is 30.8 Å². The fraction of sp³-hybridized carbons (Fsp3) is 0.143. The summed E-state index contributed by atoms with van der Waals surface area (Å²) in [6.45, 7) is 0. The zero-order valence-electron chi connectivity index (χ0n) is 16.1. The van der Waals surface area contributed by atoms with Crippen LogP contribution in [0.3, 0.4) is 0 Å². The quantitative estimate of drug-likeness (QED) is 0.348. The Bertz CT molecular complexity index is 1130. The van der Waals surface area contributed by atoms with Crippen LogP contribution in [-0.2, 0) is 4.74 Å². The first-order valence-electron chi connectivity index (χ1n) is 8.76. The van der Waals surface area contributed by atoms with Gasteiger partial charge in [0.1, 0.15) is 11.5 Å². The zero-order chi connectivity index (χ0) is 23.5. The fourth-order valence-corrected chi connectivity index (χ4v) is 2.84. The van der Waals surface area contributed by atoms with Gasteiger partial charge in [-0.1, -0.05) is 24.3 Å². The summed E-state index contributed by atoms with van der Waals surface area (Å²) in [6, 6.07) is 11.2. The molecule has 0 saturated carbocycles. The maximum Gasteiger partial charge on any atom is 0.573 e. The van der Waals surface area contributed by atoms with Gasteiger partial charge in [-0.2, -0.15) is 0 Å². The van der Waals surface area contributed by atoms with Crippen LogP contribution in [0.15, 0.2) is 60.8 Å². The van der Waals surface area contributed by atoms with Crippen molar-refractivity contribution in [2.75, 3.05) is 7.11 Å². The number of aromatic nitrogens is 1. The topological polar surface area (TPSA) is 57.7 Å². The molecule has 0 spiro atoms. The van der Waals surface area contributed by atoms with Gasteiger partial charge in [-0.15, -0.1) is 26.3 Å². The van der Waals surface area contributed by atoms with E-state index in [2.05, 4.69) is 19.2 Å². The molecule has 0 aliphatic carbocycles.